The van der Waals surface area contributed by atoms with Crippen LogP contribution in [-0.4, -0.2) is 44.9 Å². The summed E-state index contributed by atoms with van der Waals surface area (Å²) in [5.74, 6) is -1.05. The second kappa shape index (κ2) is 6.65. The molecule has 0 saturated carbocycles. The summed E-state index contributed by atoms with van der Waals surface area (Å²) in [6.07, 6.45) is 1.97. The van der Waals surface area contributed by atoms with Crippen LogP contribution in [0.25, 0.3) is 10.9 Å². The highest BCUT2D eigenvalue weighted by molar-refractivity contribution is 7.17. The number of aromatic carboxylic acids is 1. The molecule has 0 aliphatic carbocycles. The third-order valence-corrected chi connectivity index (χ3v) is 6.37. The minimum atomic E-state index is -1.29. The molecule has 1 aliphatic heterocycles. The molecule has 3 aromatic rings. The van der Waals surface area contributed by atoms with Gasteiger partial charge in [-0.3, -0.25) is 4.79 Å². The van der Waals surface area contributed by atoms with Crippen LogP contribution >= 0.6 is 22.9 Å². The average Bonchev–Trinajstić information content (AvgIpc) is 3.23. The van der Waals surface area contributed by atoms with Gasteiger partial charge in [-0.25, -0.2) is 14.2 Å². The fraction of sp³-hybridized carbons (Fsp3) is 0.353. The van der Waals surface area contributed by atoms with E-state index in [0.29, 0.717) is 39.7 Å². The van der Waals surface area contributed by atoms with Gasteiger partial charge in [-0.15, -0.1) is 0 Å². The van der Waals surface area contributed by atoms with E-state index in [1.807, 2.05) is 0 Å². The number of nitrogens with zero attached hydrogens (tertiary/aromatic N) is 3. The van der Waals surface area contributed by atoms with Crippen molar-refractivity contribution >= 4 is 44.9 Å². The Morgan fingerprint density at radius 2 is 2.30 bits per heavy atom. The number of carboxylic acids is 1. The lowest BCUT2D eigenvalue weighted by atomic mass is 10.0. The zero-order valence-corrected chi connectivity index (χ0v) is 15.9. The number of hydrogen-bond donors (Lipinski definition) is 2. The Morgan fingerprint density at radius 1 is 1.52 bits per heavy atom. The molecular formula is C17H16ClFN4O3S. The SMILES string of the molecule is Cc1[nH]c2c(=O)n([C@H]3CCN(c4ncc(C(=O)O)s4)C[C@@H]3F)ccc2c1Cl. The third-order valence-electron chi connectivity index (χ3n) is 4.84. The number of halogens is 2. The van der Waals surface area contributed by atoms with E-state index >= 15 is 0 Å². The number of aromatic amines is 1. The lowest BCUT2D eigenvalue weighted by Crippen LogP contribution is -2.45. The van der Waals surface area contributed by atoms with Crippen molar-refractivity contribution in [2.24, 2.45) is 0 Å². The molecular weight excluding hydrogens is 395 g/mol. The number of alkyl halides is 1. The van der Waals surface area contributed by atoms with Crippen molar-refractivity contribution < 1.29 is 14.3 Å². The minimum Gasteiger partial charge on any atom is -0.477 e. The van der Waals surface area contributed by atoms with Gasteiger partial charge in [0.2, 0.25) is 0 Å². The van der Waals surface area contributed by atoms with Gasteiger partial charge < -0.3 is 19.6 Å². The Hall–Kier alpha value is -2.39. The number of carboxylic acid groups (broad SMARTS) is 1. The van der Waals surface area contributed by atoms with Gasteiger partial charge in [0.1, 0.15) is 16.6 Å². The molecule has 0 aromatic carbocycles. The van der Waals surface area contributed by atoms with Gasteiger partial charge in [0.15, 0.2) is 5.13 Å². The highest BCUT2D eigenvalue weighted by Crippen LogP contribution is 2.31. The number of carbonyl (C=O) groups is 1. The summed E-state index contributed by atoms with van der Waals surface area (Å²) in [6.45, 7) is 2.31. The number of anilines is 1. The quantitative estimate of drug-likeness (QED) is 0.691. The van der Waals surface area contributed by atoms with Crippen molar-refractivity contribution in [2.45, 2.75) is 25.6 Å². The van der Waals surface area contributed by atoms with E-state index < -0.39 is 18.2 Å². The first-order valence-corrected chi connectivity index (χ1v) is 9.53. The van der Waals surface area contributed by atoms with Gasteiger partial charge in [0.25, 0.3) is 5.56 Å². The van der Waals surface area contributed by atoms with Crippen molar-refractivity contribution in [3.63, 3.8) is 0 Å². The smallest absolute Gasteiger partial charge is 0.347 e. The minimum absolute atomic E-state index is 0.0478. The monoisotopic (exact) mass is 410 g/mol. The number of fused-ring (bicyclic) bond motifs is 1. The summed E-state index contributed by atoms with van der Waals surface area (Å²) < 4.78 is 16.3. The van der Waals surface area contributed by atoms with E-state index in [0.717, 1.165) is 11.3 Å². The fourth-order valence-electron chi connectivity index (χ4n) is 3.45. The van der Waals surface area contributed by atoms with E-state index in [9.17, 15) is 14.0 Å². The number of hydrogen-bond acceptors (Lipinski definition) is 5. The normalized spacial score (nSPS) is 20.3. The molecule has 7 nitrogen and oxygen atoms in total. The Balaban J connectivity index is 1.60. The van der Waals surface area contributed by atoms with Gasteiger partial charge in [0.05, 0.1) is 23.8 Å². The van der Waals surface area contributed by atoms with Gasteiger partial charge in [-0.2, -0.15) is 0 Å². The Morgan fingerprint density at radius 3 is 2.96 bits per heavy atom. The number of aryl methyl sites for hydroxylation is 1. The van der Waals surface area contributed by atoms with Gasteiger partial charge in [-0.1, -0.05) is 22.9 Å². The van der Waals surface area contributed by atoms with Gasteiger partial charge in [-0.05, 0) is 19.4 Å². The molecule has 0 spiro atoms. The highest BCUT2D eigenvalue weighted by Gasteiger charge is 2.33. The first-order chi connectivity index (χ1) is 12.9. The van der Waals surface area contributed by atoms with Crippen LogP contribution in [0.4, 0.5) is 9.52 Å². The first-order valence-electron chi connectivity index (χ1n) is 8.34. The molecule has 0 amide bonds. The molecule has 0 radical (unpaired) electrons. The van der Waals surface area contributed by atoms with E-state index in [2.05, 4.69) is 9.97 Å². The molecule has 2 atom stereocenters. The Bertz CT molecular complexity index is 1090. The van der Waals surface area contributed by atoms with Crippen molar-refractivity contribution in [3.8, 4) is 0 Å². The molecule has 0 unspecified atom stereocenters. The number of thiazole rings is 1. The lowest BCUT2D eigenvalue weighted by Gasteiger charge is -2.35. The van der Waals surface area contributed by atoms with Crippen LogP contribution in [0.1, 0.15) is 27.8 Å². The third kappa shape index (κ3) is 3.00. The zero-order valence-electron chi connectivity index (χ0n) is 14.3. The van der Waals surface area contributed by atoms with E-state index in [4.69, 9.17) is 16.7 Å². The summed E-state index contributed by atoms with van der Waals surface area (Å²) in [7, 11) is 0. The number of pyridine rings is 1. The van der Waals surface area contributed by atoms with Crippen molar-refractivity contribution in [1.29, 1.82) is 0 Å². The van der Waals surface area contributed by atoms with Crippen molar-refractivity contribution in [2.75, 3.05) is 18.0 Å². The molecule has 10 heteroatoms. The average molecular weight is 411 g/mol. The van der Waals surface area contributed by atoms with E-state index in [-0.39, 0.29) is 17.0 Å². The maximum Gasteiger partial charge on any atom is 0.347 e. The van der Waals surface area contributed by atoms with Crippen LogP contribution in [0.2, 0.25) is 5.02 Å². The number of H-pyrrole nitrogens is 1. The fourth-order valence-corrected chi connectivity index (χ4v) is 4.44. The molecule has 1 aliphatic rings. The summed E-state index contributed by atoms with van der Waals surface area (Å²) in [5.41, 5.74) is 0.776. The topological polar surface area (TPSA) is 91.2 Å². The standard InChI is InChI=1S/C17H16ClFN4O3S/c1-8-13(18)9-2-5-23(15(24)14(9)21-8)11-3-4-22(7-10(11)19)17-20-6-12(27-17)16(25)26/h2,5-6,10-11,21H,3-4,7H2,1H3,(H,25,26)/t10-,11-/m0/s1. The van der Waals surface area contributed by atoms with E-state index in [1.54, 1.807) is 24.1 Å². The Labute approximate surface area is 162 Å². The van der Waals surface area contributed by atoms with Gasteiger partial charge in [0, 0.05) is 23.8 Å². The van der Waals surface area contributed by atoms with Crippen LogP contribution in [-0.2, 0) is 0 Å². The number of nitrogens with one attached hydrogen (secondary N) is 1. The molecule has 4 rings (SSSR count). The molecule has 27 heavy (non-hydrogen) atoms. The summed E-state index contributed by atoms with van der Waals surface area (Å²) >= 11 is 7.20. The number of aromatic nitrogens is 3. The molecule has 0 bridgehead atoms. The summed E-state index contributed by atoms with van der Waals surface area (Å²) in [6, 6.07) is 1.13. The maximum atomic E-state index is 14.9. The van der Waals surface area contributed by atoms with E-state index in [1.165, 1.54) is 10.8 Å². The molecule has 4 heterocycles. The second-order valence-electron chi connectivity index (χ2n) is 6.51. The van der Waals surface area contributed by atoms with Crippen LogP contribution in [0.5, 0.6) is 0 Å². The Kier molecular flexibility index (Phi) is 4.43. The largest absolute Gasteiger partial charge is 0.477 e. The van der Waals surface area contributed by atoms with Crippen LogP contribution in [0.15, 0.2) is 23.3 Å². The van der Waals surface area contributed by atoms with Gasteiger partial charge >= 0.3 is 5.97 Å². The summed E-state index contributed by atoms with van der Waals surface area (Å²) in [5, 5.41) is 10.6. The number of rotatable bonds is 3. The number of piperidine rings is 1. The predicted octanol–water partition coefficient (Wildman–Crippen LogP) is 3.24. The van der Waals surface area contributed by atoms with Crippen molar-refractivity contribution in [1.82, 2.24) is 14.5 Å². The molecule has 1 fully saturated rings. The first kappa shape index (κ1) is 18.0. The van der Waals surface area contributed by atoms with Crippen molar-refractivity contribution in [3.05, 3.63) is 44.4 Å². The molecule has 2 N–H and O–H groups in total. The highest BCUT2D eigenvalue weighted by atomic mass is 35.5. The summed E-state index contributed by atoms with van der Waals surface area (Å²) in [4.78, 5) is 32.7. The molecule has 1 saturated heterocycles. The maximum absolute atomic E-state index is 14.9. The lowest BCUT2D eigenvalue weighted by molar-refractivity contribution is 0.0702. The second-order valence-corrected chi connectivity index (χ2v) is 7.90. The van der Waals surface area contributed by atoms with Crippen LogP contribution in [0.3, 0.4) is 0 Å². The van der Waals surface area contributed by atoms with Crippen LogP contribution in [0, 0.1) is 6.92 Å². The predicted molar refractivity (Wildman–Crippen MR) is 102 cm³/mol. The zero-order chi connectivity index (χ0) is 19.3. The molecule has 3 aromatic heterocycles. The molecule has 142 valence electrons. The van der Waals surface area contributed by atoms with Crippen LogP contribution < -0.4 is 10.5 Å².